The van der Waals surface area contributed by atoms with Crippen molar-refractivity contribution in [1.29, 1.82) is 0 Å². The highest BCUT2D eigenvalue weighted by molar-refractivity contribution is 6.38. The Bertz CT molecular complexity index is 1120. The summed E-state index contributed by atoms with van der Waals surface area (Å²) in [7, 11) is 0. The van der Waals surface area contributed by atoms with Crippen LogP contribution in [0.2, 0.25) is 10.0 Å². The molecule has 2 aromatic rings. The van der Waals surface area contributed by atoms with Crippen LogP contribution in [-0.4, -0.2) is 54.0 Å². The Hall–Kier alpha value is -2.35. The minimum absolute atomic E-state index is 0.212. The predicted octanol–water partition coefficient (Wildman–Crippen LogP) is 5.12. The molecule has 2 atom stereocenters. The van der Waals surface area contributed by atoms with Crippen LogP contribution < -0.4 is 9.47 Å². The Morgan fingerprint density at radius 3 is 2.80 bits per heavy atom. The van der Waals surface area contributed by atoms with Gasteiger partial charge in [0.1, 0.15) is 24.2 Å². The van der Waals surface area contributed by atoms with E-state index in [4.69, 9.17) is 37.4 Å². The van der Waals surface area contributed by atoms with Crippen molar-refractivity contribution < 1.29 is 23.8 Å². The number of carbonyl (C=O) groups is 2. The fraction of sp³-hybridized carbons (Fsp3) is 0.500. The number of hydrogen-bond acceptors (Lipinski definition) is 6. The summed E-state index contributed by atoms with van der Waals surface area (Å²) in [5, 5.41) is 0.668. The van der Waals surface area contributed by atoms with E-state index in [1.807, 2.05) is 19.9 Å². The number of rotatable bonds is 9. The number of unbranched alkanes of at least 4 members (excludes halogenated alkanes) is 1. The molecule has 9 heteroatoms. The van der Waals surface area contributed by atoms with E-state index in [-0.39, 0.29) is 23.6 Å². The van der Waals surface area contributed by atoms with Gasteiger partial charge < -0.3 is 23.9 Å². The third-order valence-electron chi connectivity index (χ3n) is 6.38. The molecule has 2 aliphatic rings. The summed E-state index contributed by atoms with van der Waals surface area (Å²) in [6.07, 6.45) is 2.88. The average Bonchev–Trinajstić information content (AvgIpc) is 3.28. The first-order chi connectivity index (χ1) is 16.8. The van der Waals surface area contributed by atoms with E-state index in [1.54, 1.807) is 11.0 Å². The maximum atomic E-state index is 13.6. The first kappa shape index (κ1) is 25.7. The Balaban J connectivity index is 1.59. The SMILES string of the molecule is CCCCOc1nc(C)cc(C)c1CN1CCc2c(Cl)cc(O[C@H]3CO[C@@H](C=O)C3)c(Cl)c2C1=O. The van der Waals surface area contributed by atoms with E-state index < -0.39 is 6.10 Å². The Labute approximate surface area is 215 Å². The molecule has 188 valence electrons. The fourth-order valence-corrected chi connectivity index (χ4v) is 5.06. The first-order valence-electron chi connectivity index (χ1n) is 12.0. The molecular weight excluding hydrogens is 491 g/mol. The lowest BCUT2D eigenvalue weighted by molar-refractivity contribution is -0.115. The Morgan fingerprint density at radius 2 is 2.09 bits per heavy atom. The lowest BCUT2D eigenvalue weighted by Crippen LogP contribution is -2.38. The summed E-state index contributed by atoms with van der Waals surface area (Å²) < 4.78 is 17.4. The Morgan fingerprint density at radius 1 is 1.29 bits per heavy atom. The van der Waals surface area contributed by atoms with Gasteiger partial charge in [-0.05, 0) is 43.9 Å². The number of benzene rings is 1. The largest absolute Gasteiger partial charge is 0.486 e. The van der Waals surface area contributed by atoms with Gasteiger partial charge in [0.2, 0.25) is 5.88 Å². The zero-order valence-corrected chi connectivity index (χ0v) is 21.7. The summed E-state index contributed by atoms with van der Waals surface area (Å²) in [5.74, 6) is 0.681. The predicted molar refractivity (Wildman–Crippen MR) is 134 cm³/mol. The summed E-state index contributed by atoms with van der Waals surface area (Å²) >= 11 is 13.2. The van der Waals surface area contributed by atoms with Crippen LogP contribution >= 0.6 is 23.2 Å². The van der Waals surface area contributed by atoms with Crippen LogP contribution in [0.5, 0.6) is 11.6 Å². The molecule has 1 amide bonds. The van der Waals surface area contributed by atoms with Crippen molar-refractivity contribution in [2.45, 2.75) is 65.2 Å². The van der Waals surface area contributed by atoms with Crippen LogP contribution in [0.25, 0.3) is 0 Å². The average molecular weight is 521 g/mol. The number of carbonyl (C=O) groups excluding carboxylic acids is 2. The zero-order chi connectivity index (χ0) is 25.1. The molecule has 3 heterocycles. The minimum Gasteiger partial charge on any atom is -0.486 e. The molecule has 2 aliphatic heterocycles. The van der Waals surface area contributed by atoms with Crippen LogP contribution in [0.4, 0.5) is 0 Å². The normalized spacial score (nSPS) is 19.6. The number of fused-ring (bicyclic) bond motifs is 1. The van der Waals surface area contributed by atoms with E-state index in [0.717, 1.165) is 41.5 Å². The summed E-state index contributed by atoms with van der Waals surface area (Å²) in [6, 6.07) is 3.64. The molecule has 1 fully saturated rings. The number of hydrogen-bond donors (Lipinski definition) is 0. The first-order valence-corrected chi connectivity index (χ1v) is 12.7. The monoisotopic (exact) mass is 520 g/mol. The topological polar surface area (TPSA) is 78.0 Å². The minimum atomic E-state index is -0.496. The number of pyridine rings is 1. The standard InChI is InChI=1S/C26H30Cl2N2O5/c1-4-5-8-33-25-20(15(2)9-16(3)29-25)12-30-7-6-19-21(27)11-22(24(28)23(19)26(30)32)35-18-10-17(13-31)34-14-18/h9,11,13,17-18H,4-8,10,12,14H2,1-3H3/t17-,18-/m1/s1. The second-order valence-corrected chi connectivity index (χ2v) is 9.84. The lowest BCUT2D eigenvalue weighted by Gasteiger charge is -2.31. The van der Waals surface area contributed by atoms with Gasteiger partial charge in [-0.1, -0.05) is 36.5 Å². The van der Waals surface area contributed by atoms with E-state index in [2.05, 4.69) is 11.9 Å². The second kappa shape index (κ2) is 11.1. The van der Waals surface area contributed by atoms with Crippen LogP contribution in [0, 0.1) is 13.8 Å². The highest BCUT2D eigenvalue weighted by Crippen LogP contribution is 2.40. The van der Waals surface area contributed by atoms with Gasteiger partial charge in [-0.2, -0.15) is 0 Å². The lowest BCUT2D eigenvalue weighted by atomic mass is 9.97. The van der Waals surface area contributed by atoms with Gasteiger partial charge >= 0.3 is 0 Å². The molecule has 4 rings (SSSR count). The van der Waals surface area contributed by atoms with Crippen molar-refractivity contribution in [1.82, 2.24) is 9.88 Å². The smallest absolute Gasteiger partial charge is 0.256 e. The van der Waals surface area contributed by atoms with E-state index >= 15 is 0 Å². The molecule has 0 spiro atoms. The van der Waals surface area contributed by atoms with Crippen molar-refractivity contribution in [2.75, 3.05) is 19.8 Å². The van der Waals surface area contributed by atoms with Crippen LogP contribution in [-0.2, 0) is 22.5 Å². The van der Waals surface area contributed by atoms with Crippen LogP contribution in [0.3, 0.4) is 0 Å². The maximum absolute atomic E-state index is 13.6. The van der Waals surface area contributed by atoms with Gasteiger partial charge in [0.25, 0.3) is 5.91 Å². The van der Waals surface area contributed by atoms with Crippen LogP contribution in [0.1, 0.15) is 58.9 Å². The molecule has 0 bridgehead atoms. The molecule has 35 heavy (non-hydrogen) atoms. The van der Waals surface area contributed by atoms with Crippen molar-refractivity contribution in [3.8, 4) is 11.6 Å². The van der Waals surface area contributed by atoms with E-state index in [0.29, 0.717) is 54.8 Å². The zero-order valence-electron chi connectivity index (χ0n) is 20.2. The third kappa shape index (κ3) is 5.57. The number of halogens is 2. The molecule has 7 nitrogen and oxygen atoms in total. The van der Waals surface area contributed by atoms with Gasteiger partial charge in [-0.3, -0.25) is 4.79 Å². The molecule has 0 saturated carbocycles. The third-order valence-corrected chi connectivity index (χ3v) is 7.09. The number of aryl methyl sites for hydroxylation is 2. The second-order valence-electron chi connectivity index (χ2n) is 9.05. The maximum Gasteiger partial charge on any atom is 0.256 e. The van der Waals surface area contributed by atoms with E-state index in [1.165, 1.54) is 0 Å². The van der Waals surface area contributed by atoms with Gasteiger partial charge in [0.05, 0.1) is 30.3 Å². The molecule has 0 radical (unpaired) electrons. The number of ether oxygens (including phenoxy) is 3. The van der Waals surface area contributed by atoms with Gasteiger partial charge in [0.15, 0.2) is 0 Å². The van der Waals surface area contributed by atoms with Crippen molar-refractivity contribution in [2.24, 2.45) is 0 Å². The highest BCUT2D eigenvalue weighted by Gasteiger charge is 2.33. The molecular formula is C26H30Cl2N2O5. The number of nitrogens with zero attached hydrogens (tertiary/aromatic N) is 2. The molecule has 0 unspecified atom stereocenters. The summed E-state index contributed by atoms with van der Waals surface area (Å²) in [5.41, 5.74) is 3.86. The Kier molecular flexibility index (Phi) is 8.19. The fourth-order valence-electron chi connectivity index (χ4n) is 4.48. The number of amides is 1. The number of aldehydes is 1. The summed E-state index contributed by atoms with van der Waals surface area (Å²) in [6.45, 7) is 7.75. The van der Waals surface area contributed by atoms with Gasteiger partial charge in [-0.25, -0.2) is 4.98 Å². The molecule has 1 saturated heterocycles. The van der Waals surface area contributed by atoms with Crippen molar-refractivity contribution in [3.05, 3.63) is 50.1 Å². The van der Waals surface area contributed by atoms with Crippen molar-refractivity contribution >= 4 is 35.4 Å². The highest BCUT2D eigenvalue weighted by atomic mass is 35.5. The van der Waals surface area contributed by atoms with Crippen LogP contribution in [0.15, 0.2) is 12.1 Å². The molecule has 1 aromatic carbocycles. The summed E-state index contributed by atoms with van der Waals surface area (Å²) in [4.78, 5) is 31.0. The molecule has 0 aliphatic carbocycles. The van der Waals surface area contributed by atoms with Gasteiger partial charge in [0, 0.05) is 35.3 Å². The van der Waals surface area contributed by atoms with Gasteiger partial charge in [-0.15, -0.1) is 0 Å². The number of aromatic nitrogens is 1. The van der Waals surface area contributed by atoms with Crippen molar-refractivity contribution in [3.63, 3.8) is 0 Å². The quantitative estimate of drug-likeness (QED) is 0.337. The molecule has 1 aromatic heterocycles. The molecule has 0 N–H and O–H groups in total. The van der Waals surface area contributed by atoms with E-state index in [9.17, 15) is 9.59 Å².